The molecule has 6 nitrogen and oxygen atoms in total. The average Bonchev–Trinajstić information content (AvgIpc) is 2.79. The lowest BCUT2D eigenvalue weighted by molar-refractivity contribution is 0.399. The van der Waals surface area contributed by atoms with Gasteiger partial charge in [-0.3, -0.25) is 0 Å². The van der Waals surface area contributed by atoms with Gasteiger partial charge in [0, 0.05) is 7.92 Å². The van der Waals surface area contributed by atoms with Crippen molar-refractivity contribution in [2.75, 3.05) is 35.5 Å². The molecule has 0 aromatic heterocycles. The topological polar surface area (TPSA) is 66.4 Å². The van der Waals surface area contributed by atoms with Crippen molar-refractivity contribution >= 4 is 23.8 Å². The van der Waals surface area contributed by atoms with Crippen molar-refractivity contribution in [3.05, 3.63) is 54.6 Å². The molecule has 30 heavy (non-hydrogen) atoms. The van der Waals surface area contributed by atoms with E-state index in [9.17, 15) is 5.11 Å². The van der Waals surface area contributed by atoms with E-state index in [1.165, 1.54) is 0 Å². The van der Waals surface area contributed by atoms with Crippen molar-refractivity contribution in [1.29, 1.82) is 0 Å². The van der Waals surface area contributed by atoms with Gasteiger partial charge in [0.1, 0.15) is 34.5 Å². The van der Waals surface area contributed by atoms with Crippen LogP contribution in [0.2, 0.25) is 0 Å². The molecule has 3 aromatic rings. The van der Waals surface area contributed by atoms with Crippen LogP contribution in [0.25, 0.3) is 0 Å². The number of methoxy groups -OCH3 is 5. The van der Waals surface area contributed by atoms with E-state index in [-0.39, 0.29) is 5.75 Å². The quantitative estimate of drug-likeness (QED) is 0.556. The molecule has 0 aliphatic carbocycles. The predicted octanol–water partition coefficient (Wildman–Crippen LogP) is 3.19. The maximum Gasteiger partial charge on any atom is 0.130 e. The van der Waals surface area contributed by atoms with Gasteiger partial charge in [-0.1, -0.05) is 18.2 Å². The highest BCUT2D eigenvalue weighted by atomic mass is 31.1. The maximum absolute atomic E-state index is 10.9. The minimum absolute atomic E-state index is 0.0985. The van der Waals surface area contributed by atoms with Gasteiger partial charge in [0.2, 0.25) is 0 Å². The zero-order chi connectivity index (χ0) is 21.7. The van der Waals surface area contributed by atoms with Gasteiger partial charge in [-0.15, -0.1) is 0 Å². The molecule has 0 spiro atoms. The molecule has 0 saturated heterocycles. The standard InChI is InChI=1S/C23H25O6P/c1-25-16-10-6-9-15(24)21(16)30(22-17(26-2)11-7-12-18(22)27-3)23-19(28-4)13-8-14-20(23)29-5/h6-14,24H,1-5H3. The van der Waals surface area contributed by atoms with Crippen LogP contribution in [0.4, 0.5) is 0 Å². The van der Waals surface area contributed by atoms with Crippen molar-refractivity contribution in [2.24, 2.45) is 0 Å². The minimum Gasteiger partial charge on any atom is -0.507 e. The zero-order valence-corrected chi connectivity index (χ0v) is 18.5. The summed E-state index contributed by atoms with van der Waals surface area (Å²) in [5.41, 5.74) is 0. The first-order chi connectivity index (χ1) is 14.6. The highest BCUT2D eigenvalue weighted by molar-refractivity contribution is 7.81. The maximum atomic E-state index is 10.9. The van der Waals surface area contributed by atoms with Gasteiger partial charge < -0.3 is 28.8 Å². The lowest BCUT2D eigenvalue weighted by Crippen LogP contribution is -2.26. The first-order valence-corrected chi connectivity index (χ1v) is 10.5. The van der Waals surface area contributed by atoms with E-state index in [0.29, 0.717) is 34.1 Å². The molecular formula is C23H25O6P. The molecule has 0 radical (unpaired) electrons. The lowest BCUT2D eigenvalue weighted by atomic mass is 10.3. The molecule has 0 fully saturated rings. The number of phenols is 1. The van der Waals surface area contributed by atoms with Crippen LogP contribution in [0.3, 0.4) is 0 Å². The third-order valence-electron chi connectivity index (χ3n) is 4.67. The van der Waals surface area contributed by atoms with Gasteiger partial charge in [0.05, 0.1) is 51.5 Å². The molecule has 0 aliphatic rings. The Kier molecular flexibility index (Phi) is 6.91. The summed E-state index contributed by atoms with van der Waals surface area (Å²) < 4.78 is 28.5. The molecule has 0 saturated carbocycles. The summed E-state index contributed by atoms with van der Waals surface area (Å²) in [5, 5.41) is 13.1. The molecule has 3 rings (SSSR count). The molecule has 0 unspecified atom stereocenters. The van der Waals surface area contributed by atoms with E-state index in [4.69, 9.17) is 23.7 Å². The van der Waals surface area contributed by atoms with Crippen LogP contribution in [-0.4, -0.2) is 40.7 Å². The fourth-order valence-electron chi connectivity index (χ4n) is 3.34. The molecule has 0 atom stereocenters. The van der Waals surface area contributed by atoms with Crippen LogP contribution in [0.1, 0.15) is 0 Å². The Morgan fingerprint density at radius 2 is 0.800 bits per heavy atom. The molecule has 0 aliphatic heterocycles. The molecule has 1 N–H and O–H groups in total. The second-order valence-electron chi connectivity index (χ2n) is 6.19. The summed E-state index contributed by atoms with van der Waals surface area (Å²) in [7, 11) is 6.52. The highest BCUT2D eigenvalue weighted by Crippen LogP contribution is 2.49. The van der Waals surface area contributed by atoms with E-state index in [0.717, 1.165) is 10.6 Å². The third-order valence-corrected chi connectivity index (χ3v) is 7.34. The number of rotatable bonds is 8. The fourth-order valence-corrected chi connectivity index (χ4v) is 6.25. The molecule has 0 heterocycles. The smallest absolute Gasteiger partial charge is 0.130 e. The van der Waals surface area contributed by atoms with Crippen LogP contribution < -0.4 is 39.6 Å². The number of benzene rings is 3. The number of ether oxygens (including phenoxy) is 5. The van der Waals surface area contributed by atoms with Crippen LogP contribution >= 0.6 is 7.92 Å². The Balaban J connectivity index is 2.49. The van der Waals surface area contributed by atoms with Gasteiger partial charge >= 0.3 is 0 Å². The van der Waals surface area contributed by atoms with Crippen LogP contribution in [0.5, 0.6) is 34.5 Å². The van der Waals surface area contributed by atoms with Crippen LogP contribution in [0.15, 0.2) is 54.6 Å². The Labute approximate surface area is 177 Å². The Hall–Kier alpha value is -3.11. The van der Waals surface area contributed by atoms with E-state index in [2.05, 4.69) is 0 Å². The molecule has 3 aromatic carbocycles. The van der Waals surface area contributed by atoms with Gasteiger partial charge in [0.15, 0.2) is 0 Å². The van der Waals surface area contributed by atoms with Gasteiger partial charge in [-0.05, 0) is 36.4 Å². The summed E-state index contributed by atoms with van der Waals surface area (Å²) in [4.78, 5) is 0. The molecule has 158 valence electrons. The Morgan fingerprint density at radius 3 is 1.13 bits per heavy atom. The summed E-state index contributed by atoms with van der Waals surface area (Å²) in [5.74, 6) is 3.14. The van der Waals surface area contributed by atoms with E-state index in [1.54, 1.807) is 47.7 Å². The molecule has 7 heteroatoms. The average molecular weight is 428 g/mol. The normalized spacial score (nSPS) is 10.6. The predicted molar refractivity (Wildman–Crippen MR) is 120 cm³/mol. The number of hydrogen-bond acceptors (Lipinski definition) is 6. The lowest BCUT2D eigenvalue weighted by Gasteiger charge is -2.27. The first kappa shape index (κ1) is 21.6. The monoisotopic (exact) mass is 428 g/mol. The van der Waals surface area contributed by atoms with Crippen LogP contribution in [-0.2, 0) is 0 Å². The van der Waals surface area contributed by atoms with E-state index in [1.807, 2.05) is 42.5 Å². The fraction of sp³-hybridized carbons (Fsp3) is 0.217. The van der Waals surface area contributed by atoms with Crippen molar-refractivity contribution < 1.29 is 28.8 Å². The van der Waals surface area contributed by atoms with Crippen molar-refractivity contribution in [2.45, 2.75) is 0 Å². The van der Waals surface area contributed by atoms with Crippen molar-refractivity contribution in [3.63, 3.8) is 0 Å². The highest BCUT2D eigenvalue weighted by Gasteiger charge is 2.33. The molecule has 0 amide bonds. The van der Waals surface area contributed by atoms with Crippen LogP contribution in [0, 0.1) is 0 Å². The summed E-state index contributed by atoms with van der Waals surface area (Å²) >= 11 is 0. The minimum atomic E-state index is -1.47. The van der Waals surface area contributed by atoms with E-state index >= 15 is 0 Å². The first-order valence-electron chi connectivity index (χ1n) is 9.19. The number of aromatic hydroxyl groups is 1. The SMILES string of the molecule is COc1cccc(O)c1P(c1c(OC)cccc1OC)c1c(OC)cccc1OC. The molecule has 0 bridgehead atoms. The summed E-state index contributed by atoms with van der Waals surface area (Å²) in [6, 6.07) is 16.4. The second kappa shape index (κ2) is 9.59. The second-order valence-corrected chi connectivity index (χ2v) is 8.20. The zero-order valence-electron chi connectivity index (χ0n) is 17.6. The number of phenolic OH excluding ortho intramolecular Hbond substituents is 1. The van der Waals surface area contributed by atoms with E-state index < -0.39 is 7.92 Å². The number of hydrogen-bond donors (Lipinski definition) is 1. The molecular weight excluding hydrogens is 403 g/mol. The largest absolute Gasteiger partial charge is 0.507 e. The van der Waals surface area contributed by atoms with Crippen molar-refractivity contribution in [3.8, 4) is 34.5 Å². The Morgan fingerprint density at radius 1 is 0.500 bits per heavy atom. The summed E-state index contributed by atoms with van der Waals surface area (Å²) in [6.45, 7) is 0. The Bertz CT molecular complexity index is 921. The van der Waals surface area contributed by atoms with Crippen molar-refractivity contribution in [1.82, 2.24) is 0 Å². The summed E-state index contributed by atoms with van der Waals surface area (Å²) in [6.07, 6.45) is 0. The van der Waals surface area contributed by atoms with Gasteiger partial charge in [0.25, 0.3) is 0 Å². The van der Waals surface area contributed by atoms with Gasteiger partial charge in [-0.25, -0.2) is 0 Å². The third kappa shape index (κ3) is 3.83. The van der Waals surface area contributed by atoms with Gasteiger partial charge in [-0.2, -0.15) is 0 Å².